The van der Waals surface area contributed by atoms with Gasteiger partial charge in [0.25, 0.3) is 5.91 Å². The maximum absolute atomic E-state index is 12.3. The highest BCUT2D eigenvalue weighted by atomic mass is 16.5. The van der Waals surface area contributed by atoms with Crippen molar-refractivity contribution >= 4 is 17.8 Å². The number of rotatable bonds is 6. The van der Waals surface area contributed by atoms with Crippen molar-refractivity contribution in [2.24, 2.45) is 0 Å². The summed E-state index contributed by atoms with van der Waals surface area (Å²) in [5.74, 6) is -1.75. The second-order valence-corrected chi connectivity index (χ2v) is 5.61. The Morgan fingerprint density at radius 2 is 1.72 bits per heavy atom. The fourth-order valence-electron chi connectivity index (χ4n) is 2.34. The number of esters is 1. The summed E-state index contributed by atoms with van der Waals surface area (Å²) in [6, 6.07) is 12.3. The molecule has 0 fully saturated rings. The third-order valence-electron chi connectivity index (χ3n) is 3.67. The Balaban J connectivity index is 2.08. The maximum Gasteiger partial charge on any atom is 0.326 e. The zero-order valence-electron chi connectivity index (χ0n) is 14.0. The molecule has 1 atom stereocenters. The SMILES string of the molecule is CC(=O)Oc1ccc(C(=O)N[C@H](Cc2ccccc2C)C(=O)O)cc1. The van der Waals surface area contributed by atoms with Gasteiger partial charge in [-0.25, -0.2) is 4.79 Å². The number of aliphatic carboxylic acids is 1. The molecule has 0 saturated heterocycles. The van der Waals surface area contributed by atoms with Gasteiger partial charge in [0.05, 0.1) is 0 Å². The maximum atomic E-state index is 12.3. The summed E-state index contributed by atoms with van der Waals surface area (Å²) < 4.78 is 4.90. The molecule has 130 valence electrons. The lowest BCUT2D eigenvalue weighted by molar-refractivity contribution is -0.139. The molecule has 2 aromatic carbocycles. The molecule has 25 heavy (non-hydrogen) atoms. The Labute approximate surface area is 145 Å². The van der Waals surface area contributed by atoms with Crippen LogP contribution in [-0.4, -0.2) is 29.0 Å². The molecule has 0 unspecified atom stereocenters. The van der Waals surface area contributed by atoms with Crippen LogP contribution in [0.5, 0.6) is 5.75 Å². The van der Waals surface area contributed by atoms with Crippen molar-refractivity contribution in [1.29, 1.82) is 0 Å². The van der Waals surface area contributed by atoms with Gasteiger partial charge in [-0.2, -0.15) is 0 Å². The van der Waals surface area contributed by atoms with E-state index in [9.17, 15) is 19.5 Å². The van der Waals surface area contributed by atoms with Gasteiger partial charge >= 0.3 is 11.9 Å². The largest absolute Gasteiger partial charge is 0.480 e. The van der Waals surface area contributed by atoms with Crippen LogP contribution in [0.4, 0.5) is 0 Å². The standard InChI is InChI=1S/C19H19NO5/c1-12-5-3-4-6-15(12)11-17(19(23)24)20-18(22)14-7-9-16(10-8-14)25-13(2)21/h3-10,17H,11H2,1-2H3,(H,20,22)(H,23,24)/t17-/m1/s1. The number of carboxylic acid groups (broad SMARTS) is 1. The first-order chi connectivity index (χ1) is 11.9. The highest BCUT2D eigenvalue weighted by molar-refractivity contribution is 5.96. The van der Waals surface area contributed by atoms with E-state index in [1.165, 1.54) is 31.2 Å². The number of hydrogen-bond donors (Lipinski definition) is 2. The summed E-state index contributed by atoms with van der Waals surface area (Å²) in [6.45, 7) is 3.17. The third kappa shape index (κ3) is 5.17. The van der Waals surface area contributed by atoms with Gasteiger partial charge in [-0.3, -0.25) is 9.59 Å². The normalized spacial score (nSPS) is 11.4. The number of benzene rings is 2. The summed E-state index contributed by atoms with van der Waals surface area (Å²) in [5.41, 5.74) is 2.11. The van der Waals surface area contributed by atoms with Crippen LogP contribution in [0, 0.1) is 6.92 Å². The van der Waals surface area contributed by atoms with Crippen LogP contribution in [-0.2, 0) is 16.0 Å². The molecular weight excluding hydrogens is 322 g/mol. The fourth-order valence-corrected chi connectivity index (χ4v) is 2.34. The fraction of sp³-hybridized carbons (Fsp3) is 0.211. The van der Waals surface area contributed by atoms with Crippen LogP contribution >= 0.6 is 0 Å². The first kappa shape index (κ1) is 18.2. The highest BCUT2D eigenvalue weighted by Gasteiger charge is 2.21. The molecule has 0 saturated carbocycles. The van der Waals surface area contributed by atoms with E-state index in [-0.39, 0.29) is 12.0 Å². The number of amides is 1. The van der Waals surface area contributed by atoms with Gasteiger partial charge < -0.3 is 15.2 Å². The lowest BCUT2D eigenvalue weighted by Gasteiger charge is -2.16. The molecule has 2 N–H and O–H groups in total. The van der Waals surface area contributed by atoms with Crippen LogP contribution in [0.15, 0.2) is 48.5 Å². The van der Waals surface area contributed by atoms with E-state index in [2.05, 4.69) is 5.32 Å². The minimum atomic E-state index is -1.10. The van der Waals surface area contributed by atoms with Crippen molar-refractivity contribution in [3.05, 3.63) is 65.2 Å². The summed E-state index contributed by atoms with van der Waals surface area (Å²) in [6.07, 6.45) is 0.194. The number of carboxylic acids is 1. The summed E-state index contributed by atoms with van der Waals surface area (Å²) >= 11 is 0. The van der Waals surface area contributed by atoms with Crippen molar-refractivity contribution < 1.29 is 24.2 Å². The third-order valence-corrected chi connectivity index (χ3v) is 3.67. The van der Waals surface area contributed by atoms with E-state index in [4.69, 9.17) is 4.74 Å². The van der Waals surface area contributed by atoms with E-state index in [0.29, 0.717) is 5.75 Å². The zero-order chi connectivity index (χ0) is 18.4. The second-order valence-electron chi connectivity index (χ2n) is 5.61. The number of ether oxygens (including phenoxy) is 1. The Hall–Kier alpha value is -3.15. The first-order valence-electron chi connectivity index (χ1n) is 7.73. The summed E-state index contributed by atoms with van der Waals surface area (Å²) in [7, 11) is 0. The van der Waals surface area contributed by atoms with Crippen molar-refractivity contribution in [3.63, 3.8) is 0 Å². The van der Waals surface area contributed by atoms with Crippen molar-refractivity contribution in [1.82, 2.24) is 5.32 Å². The number of hydrogen-bond acceptors (Lipinski definition) is 4. The van der Waals surface area contributed by atoms with Crippen molar-refractivity contribution in [2.45, 2.75) is 26.3 Å². The van der Waals surface area contributed by atoms with Crippen LogP contribution in [0.3, 0.4) is 0 Å². The second kappa shape index (κ2) is 8.10. The number of carbonyl (C=O) groups is 3. The van der Waals surface area contributed by atoms with Gasteiger partial charge in [0.1, 0.15) is 11.8 Å². The van der Waals surface area contributed by atoms with Gasteiger partial charge in [-0.1, -0.05) is 24.3 Å². The zero-order valence-corrected chi connectivity index (χ0v) is 14.0. The van der Waals surface area contributed by atoms with Gasteiger partial charge in [0, 0.05) is 18.9 Å². The molecular formula is C19H19NO5. The monoisotopic (exact) mass is 341 g/mol. The minimum absolute atomic E-state index is 0.194. The predicted molar refractivity (Wildman–Crippen MR) is 91.5 cm³/mol. The average molecular weight is 341 g/mol. The topological polar surface area (TPSA) is 92.7 Å². The number of carbonyl (C=O) groups excluding carboxylic acids is 2. The van der Waals surface area contributed by atoms with Gasteiger partial charge in [-0.15, -0.1) is 0 Å². The average Bonchev–Trinajstić information content (AvgIpc) is 2.56. The van der Waals surface area contributed by atoms with Crippen LogP contribution in [0.1, 0.15) is 28.4 Å². The van der Waals surface area contributed by atoms with Gasteiger partial charge in [0.15, 0.2) is 0 Å². The molecule has 0 aliphatic rings. The lowest BCUT2D eigenvalue weighted by Crippen LogP contribution is -2.42. The molecule has 0 aliphatic heterocycles. The molecule has 0 bridgehead atoms. The molecule has 6 nitrogen and oxygen atoms in total. The van der Waals surface area contributed by atoms with E-state index in [0.717, 1.165) is 11.1 Å². The Morgan fingerprint density at radius 1 is 1.08 bits per heavy atom. The molecule has 0 aromatic heterocycles. The number of aryl methyl sites for hydroxylation is 1. The van der Waals surface area contributed by atoms with Crippen LogP contribution in [0.25, 0.3) is 0 Å². The smallest absolute Gasteiger partial charge is 0.326 e. The predicted octanol–water partition coefficient (Wildman–Crippen LogP) is 2.35. The van der Waals surface area contributed by atoms with E-state index in [1.54, 1.807) is 0 Å². The van der Waals surface area contributed by atoms with Crippen LogP contribution < -0.4 is 10.1 Å². The Bertz CT molecular complexity index is 783. The van der Waals surface area contributed by atoms with Crippen LogP contribution in [0.2, 0.25) is 0 Å². The highest BCUT2D eigenvalue weighted by Crippen LogP contribution is 2.14. The lowest BCUT2D eigenvalue weighted by atomic mass is 10.0. The molecule has 2 aromatic rings. The molecule has 6 heteroatoms. The van der Waals surface area contributed by atoms with Gasteiger partial charge in [-0.05, 0) is 42.3 Å². The first-order valence-corrected chi connectivity index (χ1v) is 7.73. The molecule has 0 aliphatic carbocycles. The Morgan fingerprint density at radius 3 is 2.28 bits per heavy atom. The number of nitrogens with one attached hydrogen (secondary N) is 1. The van der Waals surface area contributed by atoms with Crippen molar-refractivity contribution in [3.8, 4) is 5.75 Å². The van der Waals surface area contributed by atoms with Gasteiger partial charge in [0.2, 0.25) is 0 Å². The Kier molecular flexibility index (Phi) is 5.89. The summed E-state index contributed by atoms with van der Waals surface area (Å²) in [4.78, 5) is 34.7. The minimum Gasteiger partial charge on any atom is -0.480 e. The molecule has 1 amide bonds. The quantitative estimate of drug-likeness (QED) is 0.621. The van der Waals surface area contributed by atoms with E-state index >= 15 is 0 Å². The molecule has 0 spiro atoms. The molecule has 0 heterocycles. The summed E-state index contributed by atoms with van der Waals surface area (Å²) in [5, 5.41) is 11.9. The van der Waals surface area contributed by atoms with Crippen molar-refractivity contribution in [2.75, 3.05) is 0 Å². The molecule has 2 rings (SSSR count). The molecule has 0 radical (unpaired) electrons. The van der Waals surface area contributed by atoms with E-state index < -0.39 is 23.9 Å². The van der Waals surface area contributed by atoms with E-state index in [1.807, 2.05) is 31.2 Å².